The molecule has 0 aromatic carbocycles. The van der Waals surface area contributed by atoms with E-state index in [1.54, 1.807) is 6.20 Å². The summed E-state index contributed by atoms with van der Waals surface area (Å²) in [5.41, 5.74) is 6.34. The number of primary amides is 1. The minimum Gasteiger partial charge on any atom is -0.377 e. The third kappa shape index (κ3) is 2.70. The molecule has 1 fully saturated rings. The Labute approximate surface area is 106 Å². The first-order chi connectivity index (χ1) is 8.72. The Morgan fingerprint density at radius 2 is 2.56 bits per heavy atom. The fraction of sp³-hybridized carbons (Fsp3) is 0.500. The first-order valence-corrected chi connectivity index (χ1v) is 6.06. The predicted molar refractivity (Wildman–Crippen MR) is 69.5 cm³/mol. The molecule has 1 saturated heterocycles. The van der Waals surface area contributed by atoms with Crippen molar-refractivity contribution in [2.75, 3.05) is 36.5 Å². The summed E-state index contributed by atoms with van der Waals surface area (Å²) >= 11 is 0. The van der Waals surface area contributed by atoms with E-state index in [9.17, 15) is 4.79 Å². The van der Waals surface area contributed by atoms with Crippen molar-refractivity contribution in [1.29, 1.82) is 0 Å². The van der Waals surface area contributed by atoms with Crippen molar-refractivity contribution >= 4 is 17.4 Å². The number of carbonyl (C=O) groups excluding carboxylic acids is 1. The molecule has 0 aliphatic carbocycles. The van der Waals surface area contributed by atoms with Crippen molar-refractivity contribution in [3.8, 4) is 0 Å². The molecule has 1 atom stereocenters. The summed E-state index contributed by atoms with van der Waals surface area (Å²) in [7, 11) is 0. The number of carbonyl (C=O) groups is 1. The highest BCUT2D eigenvalue weighted by Crippen LogP contribution is 2.21. The first kappa shape index (κ1) is 12.6. The van der Waals surface area contributed by atoms with E-state index in [1.807, 2.05) is 24.0 Å². The van der Waals surface area contributed by atoms with Crippen LogP contribution in [0.15, 0.2) is 18.3 Å². The van der Waals surface area contributed by atoms with E-state index in [2.05, 4.69) is 10.3 Å². The topological polar surface area (TPSA) is 80.5 Å². The number of hydrogen-bond acceptors (Lipinski definition) is 5. The van der Waals surface area contributed by atoms with Gasteiger partial charge in [0.25, 0.3) is 0 Å². The summed E-state index contributed by atoms with van der Waals surface area (Å²) in [5.74, 6) is 0.432. The van der Waals surface area contributed by atoms with Crippen LogP contribution in [0.25, 0.3) is 0 Å². The van der Waals surface area contributed by atoms with Gasteiger partial charge in [0, 0.05) is 31.0 Å². The van der Waals surface area contributed by atoms with Crippen LogP contribution in [0, 0.1) is 0 Å². The summed E-state index contributed by atoms with van der Waals surface area (Å²) in [6, 6.07) is 3.39. The monoisotopic (exact) mass is 250 g/mol. The molecule has 2 rings (SSSR count). The van der Waals surface area contributed by atoms with E-state index in [1.165, 1.54) is 0 Å². The zero-order valence-corrected chi connectivity index (χ0v) is 10.4. The SMILES string of the molecule is CCNc1cc(N2CCOCC2C(N)=O)ccn1. The van der Waals surface area contributed by atoms with Crippen LogP contribution < -0.4 is 16.0 Å². The maximum Gasteiger partial charge on any atom is 0.242 e. The Morgan fingerprint density at radius 1 is 1.72 bits per heavy atom. The maximum atomic E-state index is 11.4. The maximum absolute atomic E-state index is 11.4. The summed E-state index contributed by atoms with van der Waals surface area (Å²) in [6.07, 6.45) is 1.72. The highest BCUT2D eigenvalue weighted by molar-refractivity contribution is 5.84. The van der Waals surface area contributed by atoms with Crippen molar-refractivity contribution in [3.63, 3.8) is 0 Å². The van der Waals surface area contributed by atoms with Gasteiger partial charge in [0.1, 0.15) is 11.9 Å². The van der Waals surface area contributed by atoms with Gasteiger partial charge in [0.05, 0.1) is 13.2 Å². The molecule has 98 valence electrons. The molecule has 2 heterocycles. The molecular weight excluding hydrogens is 232 g/mol. The number of morpholine rings is 1. The molecule has 0 spiro atoms. The molecular formula is C12H18N4O2. The van der Waals surface area contributed by atoms with Gasteiger partial charge in [0.15, 0.2) is 0 Å². The molecule has 1 unspecified atom stereocenters. The number of nitrogens with two attached hydrogens (primary N) is 1. The Morgan fingerprint density at radius 3 is 3.28 bits per heavy atom. The van der Waals surface area contributed by atoms with Crippen molar-refractivity contribution in [1.82, 2.24) is 4.98 Å². The van der Waals surface area contributed by atoms with Gasteiger partial charge in [-0.1, -0.05) is 0 Å². The number of hydrogen-bond donors (Lipinski definition) is 2. The molecule has 0 bridgehead atoms. The van der Waals surface area contributed by atoms with Crippen LogP contribution in [-0.2, 0) is 9.53 Å². The second-order valence-electron chi connectivity index (χ2n) is 4.12. The summed E-state index contributed by atoms with van der Waals surface area (Å²) in [6.45, 7) is 4.41. The standard InChI is InChI=1S/C12H18N4O2/c1-2-14-11-7-9(3-4-15-11)16-5-6-18-8-10(16)12(13)17/h3-4,7,10H,2,5-6,8H2,1H3,(H2,13,17)(H,14,15). The fourth-order valence-corrected chi connectivity index (χ4v) is 2.02. The number of rotatable bonds is 4. The lowest BCUT2D eigenvalue weighted by Gasteiger charge is -2.35. The number of pyridine rings is 1. The largest absolute Gasteiger partial charge is 0.377 e. The van der Waals surface area contributed by atoms with Crippen molar-refractivity contribution in [2.45, 2.75) is 13.0 Å². The lowest BCUT2D eigenvalue weighted by Crippen LogP contribution is -2.52. The van der Waals surface area contributed by atoms with Gasteiger partial charge in [-0.15, -0.1) is 0 Å². The average molecular weight is 250 g/mol. The lowest BCUT2D eigenvalue weighted by atomic mass is 10.2. The van der Waals surface area contributed by atoms with Crippen molar-refractivity contribution in [3.05, 3.63) is 18.3 Å². The van der Waals surface area contributed by atoms with Gasteiger partial charge in [-0.3, -0.25) is 4.79 Å². The number of amides is 1. The van der Waals surface area contributed by atoms with Crippen LogP contribution in [-0.4, -0.2) is 43.2 Å². The second kappa shape index (κ2) is 5.68. The van der Waals surface area contributed by atoms with E-state index < -0.39 is 6.04 Å². The molecule has 1 aromatic rings. The summed E-state index contributed by atoms with van der Waals surface area (Å²) in [5, 5.41) is 3.15. The Balaban J connectivity index is 2.22. The Hall–Kier alpha value is -1.82. The van der Waals surface area contributed by atoms with Crippen molar-refractivity contribution in [2.24, 2.45) is 5.73 Å². The molecule has 1 amide bonds. The van der Waals surface area contributed by atoms with E-state index in [0.29, 0.717) is 19.8 Å². The molecule has 0 radical (unpaired) electrons. The molecule has 6 heteroatoms. The van der Waals surface area contributed by atoms with Crippen molar-refractivity contribution < 1.29 is 9.53 Å². The van der Waals surface area contributed by atoms with Gasteiger partial charge < -0.3 is 20.7 Å². The minimum absolute atomic E-state index is 0.341. The highest BCUT2D eigenvalue weighted by atomic mass is 16.5. The third-order valence-corrected chi connectivity index (χ3v) is 2.89. The molecule has 18 heavy (non-hydrogen) atoms. The zero-order chi connectivity index (χ0) is 13.0. The Bertz CT molecular complexity index is 424. The zero-order valence-electron chi connectivity index (χ0n) is 10.4. The van der Waals surface area contributed by atoms with Crippen LogP contribution in [0.4, 0.5) is 11.5 Å². The average Bonchev–Trinajstić information content (AvgIpc) is 2.39. The van der Waals surface area contributed by atoms with E-state index in [4.69, 9.17) is 10.5 Å². The summed E-state index contributed by atoms with van der Waals surface area (Å²) < 4.78 is 5.30. The number of nitrogens with one attached hydrogen (secondary N) is 1. The van der Waals surface area contributed by atoms with Crippen LogP contribution in [0.5, 0.6) is 0 Å². The van der Waals surface area contributed by atoms with Crippen LogP contribution >= 0.6 is 0 Å². The van der Waals surface area contributed by atoms with E-state index in [-0.39, 0.29) is 5.91 Å². The number of aromatic nitrogens is 1. The quantitative estimate of drug-likeness (QED) is 0.798. The molecule has 1 aromatic heterocycles. The second-order valence-corrected chi connectivity index (χ2v) is 4.12. The van der Waals surface area contributed by atoms with Crippen LogP contribution in [0.1, 0.15) is 6.92 Å². The van der Waals surface area contributed by atoms with Gasteiger partial charge in [0.2, 0.25) is 5.91 Å². The smallest absolute Gasteiger partial charge is 0.242 e. The van der Waals surface area contributed by atoms with Gasteiger partial charge >= 0.3 is 0 Å². The first-order valence-electron chi connectivity index (χ1n) is 6.06. The lowest BCUT2D eigenvalue weighted by molar-refractivity contribution is -0.121. The fourth-order valence-electron chi connectivity index (χ4n) is 2.02. The highest BCUT2D eigenvalue weighted by Gasteiger charge is 2.27. The number of nitrogens with zero attached hydrogens (tertiary/aromatic N) is 2. The van der Waals surface area contributed by atoms with Gasteiger partial charge in [-0.25, -0.2) is 4.98 Å². The summed E-state index contributed by atoms with van der Waals surface area (Å²) in [4.78, 5) is 17.6. The van der Waals surface area contributed by atoms with E-state index in [0.717, 1.165) is 18.1 Å². The number of anilines is 2. The molecule has 3 N–H and O–H groups in total. The van der Waals surface area contributed by atoms with Crippen LogP contribution in [0.2, 0.25) is 0 Å². The molecule has 1 aliphatic heterocycles. The van der Waals surface area contributed by atoms with E-state index >= 15 is 0 Å². The molecule has 1 aliphatic rings. The van der Waals surface area contributed by atoms with Gasteiger partial charge in [-0.2, -0.15) is 0 Å². The van der Waals surface area contributed by atoms with Gasteiger partial charge in [-0.05, 0) is 13.0 Å². The normalized spacial score (nSPS) is 19.6. The third-order valence-electron chi connectivity index (χ3n) is 2.89. The minimum atomic E-state index is -0.407. The number of ether oxygens (including phenoxy) is 1. The Kier molecular flexibility index (Phi) is 3.99. The molecule has 0 saturated carbocycles. The van der Waals surface area contributed by atoms with Crippen LogP contribution in [0.3, 0.4) is 0 Å². The molecule has 6 nitrogen and oxygen atoms in total. The predicted octanol–water partition coefficient (Wildman–Crippen LogP) is 0.204.